The van der Waals surface area contributed by atoms with Crippen LogP contribution in [-0.2, 0) is 19.1 Å². The zero-order valence-electron chi connectivity index (χ0n) is 12.5. The highest BCUT2D eigenvalue weighted by molar-refractivity contribution is 5.86. The highest BCUT2D eigenvalue weighted by Gasteiger charge is 2.28. The number of hydrogen-bond acceptors (Lipinski definition) is 5. The van der Waals surface area contributed by atoms with Gasteiger partial charge in [-0.2, -0.15) is 0 Å². The minimum Gasteiger partial charge on any atom is -0.480 e. The van der Waals surface area contributed by atoms with Gasteiger partial charge in [-0.25, -0.2) is 9.59 Å². The van der Waals surface area contributed by atoms with E-state index in [9.17, 15) is 14.4 Å². The van der Waals surface area contributed by atoms with Crippen LogP contribution in [0.1, 0.15) is 27.2 Å². The molecule has 8 nitrogen and oxygen atoms in total. The van der Waals surface area contributed by atoms with Crippen LogP contribution >= 0.6 is 0 Å². The van der Waals surface area contributed by atoms with Crippen LogP contribution in [0.3, 0.4) is 0 Å². The number of amides is 2. The molecule has 1 aliphatic rings. The number of nitrogens with one attached hydrogen (secondary N) is 1. The fourth-order valence-corrected chi connectivity index (χ4v) is 1.76. The van der Waals surface area contributed by atoms with E-state index >= 15 is 0 Å². The Morgan fingerprint density at radius 1 is 1.29 bits per heavy atom. The Labute approximate surface area is 123 Å². The summed E-state index contributed by atoms with van der Waals surface area (Å²) in [6, 6.07) is -1.83. The van der Waals surface area contributed by atoms with E-state index in [1.165, 1.54) is 4.90 Å². The smallest absolute Gasteiger partial charge is 0.326 e. The van der Waals surface area contributed by atoms with Gasteiger partial charge < -0.3 is 24.8 Å². The van der Waals surface area contributed by atoms with Gasteiger partial charge in [0.2, 0.25) is 0 Å². The maximum Gasteiger partial charge on any atom is 0.326 e. The first-order valence-electron chi connectivity index (χ1n) is 6.77. The van der Waals surface area contributed by atoms with Gasteiger partial charge in [0.15, 0.2) is 0 Å². The van der Waals surface area contributed by atoms with Crippen molar-refractivity contribution in [2.24, 2.45) is 0 Å². The minimum absolute atomic E-state index is 0.393. The third-order valence-electron chi connectivity index (χ3n) is 2.68. The molecule has 0 bridgehead atoms. The van der Waals surface area contributed by atoms with Gasteiger partial charge in [-0.3, -0.25) is 4.79 Å². The molecule has 0 radical (unpaired) electrons. The highest BCUT2D eigenvalue weighted by atomic mass is 16.6. The summed E-state index contributed by atoms with van der Waals surface area (Å²) in [4.78, 5) is 36.2. The van der Waals surface area contributed by atoms with Crippen molar-refractivity contribution in [3.63, 3.8) is 0 Å². The number of carboxylic acid groups (broad SMARTS) is 1. The molecule has 0 spiro atoms. The van der Waals surface area contributed by atoms with Crippen LogP contribution in [-0.4, -0.2) is 65.9 Å². The van der Waals surface area contributed by atoms with Crippen LogP contribution in [0.2, 0.25) is 0 Å². The number of morpholine rings is 1. The van der Waals surface area contributed by atoms with Crippen LogP contribution in [0.15, 0.2) is 0 Å². The largest absolute Gasteiger partial charge is 0.480 e. The van der Waals surface area contributed by atoms with Crippen LogP contribution in [0, 0.1) is 0 Å². The van der Waals surface area contributed by atoms with Gasteiger partial charge in [-0.05, 0) is 20.8 Å². The summed E-state index contributed by atoms with van der Waals surface area (Å²) in [5.41, 5.74) is -0.700. The quantitative estimate of drug-likeness (QED) is 0.719. The monoisotopic (exact) mass is 302 g/mol. The van der Waals surface area contributed by atoms with Gasteiger partial charge in [-0.1, -0.05) is 0 Å². The van der Waals surface area contributed by atoms with E-state index in [4.69, 9.17) is 14.6 Å². The van der Waals surface area contributed by atoms with Crippen molar-refractivity contribution >= 4 is 18.0 Å². The summed E-state index contributed by atoms with van der Waals surface area (Å²) in [7, 11) is 0. The normalized spacial score (nSPS) is 17.0. The lowest BCUT2D eigenvalue weighted by molar-refractivity contribution is -0.158. The number of ether oxygens (including phenoxy) is 2. The summed E-state index contributed by atoms with van der Waals surface area (Å²) in [6.45, 7) is 6.68. The minimum atomic E-state index is -1.31. The van der Waals surface area contributed by atoms with Gasteiger partial charge in [0, 0.05) is 13.1 Å². The maximum absolute atomic E-state index is 11.9. The number of carboxylic acids is 1. The fraction of sp³-hybridized carbons (Fsp3) is 0.769. The standard InChI is InChI=1S/C13H22N2O6/c1-13(2,3)21-10(16)8-9(11(17)18)14-12(19)15-4-6-20-7-5-15/h9H,4-8H2,1-3H3,(H,14,19)(H,17,18)/t9-/m0/s1. The predicted molar refractivity (Wildman–Crippen MR) is 72.8 cm³/mol. The highest BCUT2D eigenvalue weighted by Crippen LogP contribution is 2.10. The second kappa shape index (κ2) is 7.26. The van der Waals surface area contributed by atoms with E-state index in [0.29, 0.717) is 26.3 Å². The fourth-order valence-electron chi connectivity index (χ4n) is 1.76. The molecule has 21 heavy (non-hydrogen) atoms. The first kappa shape index (κ1) is 17.2. The van der Waals surface area contributed by atoms with E-state index in [0.717, 1.165) is 0 Å². The number of carbonyl (C=O) groups excluding carboxylic acids is 2. The Hall–Kier alpha value is -1.83. The van der Waals surface area contributed by atoms with Crippen LogP contribution in [0.25, 0.3) is 0 Å². The predicted octanol–water partition coefficient (Wildman–Crippen LogP) is 0.213. The summed E-state index contributed by atoms with van der Waals surface area (Å²) in [5, 5.41) is 11.4. The molecule has 0 unspecified atom stereocenters. The third-order valence-corrected chi connectivity index (χ3v) is 2.68. The Morgan fingerprint density at radius 3 is 2.33 bits per heavy atom. The summed E-state index contributed by atoms with van der Waals surface area (Å²) in [6.07, 6.45) is -0.414. The van der Waals surface area contributed by atoms with E-state index in [-0.39, 0.29) is 0 Å². The number of hydrogen-bond donors (Lipinski definition) is 2. The van der Waals surface area contributed by atoms with Crippen molar-refractivity contribution in [3.8, 4) is 0 Å². The lowest BCUT2D eigenvalue weighted by Gasteiger charge is -2.28. The summed E-state index contributed by atoms with van der Waals surface area (Å²) < 4.78 is 10.2. The first-order valence-corrected chi connectivity index (χ1v) is 6.77. The van der Waals surface area contributed by atoms with E-state index < -0.39 is 36.0 Å². The number of aliphatic carboxylic acids is 1. The Kier molecular flexibility index (Phi) is 5.95. The Bertz CT molecular complexity index is 398. The van der Waals surface area contributed by atoms with Crippen LogP contribution in [0.4, 0.5) is 4.79 Å². The van der Waals surface area contributed by atoms with Gasteiger partial charge in [0.1, 0.15) is 11.6 Å². The molecule has 1 aliphatic heterocycles. The molecule has 0 aromatic heterocycles. The molecule has 0 aromatic carbocycles. The molecule has 120 valence electrons. The van der Waals surface area contributed by atoms with Crippen molar-refractivity contribution in [3.05, 3.63) is 0 Å². The molecule has 1 atom stereocenters. The molecule has 1 rings (SSSR count). The molecule has 1 heterocycles. The summed E-state index contributed by atoms with van der Waals surface area (Å²) in [5.74, 6) is -1.94. The van der Waals surface area contributed by atoms with Gasteiger partial charge >= 0.3 is 18.0 Å². The number of esters is 1. The Morgan fingerprint density at radius 2 is 1.86 bits per heavy atom. The van der Waals surface area contributed by atoms with Crippen molar-refractivity contribution in [1.29, 1.82) is 0 Å². The molecule has 0 saturated carbocycles. The number of carbonyl (C=O) groups is 3. The molecule has 2 N–H and O–H groups in total. The van der Waals surface area contributed by atoms with E-state index in [1.807, 2.05) is 0 Å². The molecular formula is C13H22N2O6. The molecule has 1 saturated heterocycles. The molecule has 8 heteroatoms. The van der Waals surface area contributed by atoms with E-state index in [2.05, 4.69) is 5.32 Å². The second-order valence-electron chi connectivity index (χ2n) is 5.73. The molecule has 0 aromatic rings. The van der Waals surface area contributed by atoms with Crippen molar-refractivity contribution in [1.82, 2.24) is 10.2 Å². The summed E-state index contributed by atoms with van der Waals surface area (Å²) >= 11 is 0. The molecule has 2 amide bonds. The molecule has 1 fully saturated rings. The van der Waals surface area contributed by atoms with Gasteiger partial charge in [0.05, 0.1) is 19.6 Å². The van der Waals surface area contributed by atoms with Crippen molar-refractivity contribution < 1.29 is 29.0 Å². The second-order valence-corrected chi connectivity index (χ2v) is 5.73. The SMILES string of the molecule is CC(C)(C)OC(=O)C[C@H](NC(=O)N1CCOCC1)C(=O)O. The third kappa shape index (κ3) is 6.44. The van der Waals surface area contributed by atoms with Crippen molar-refractivity contribution in [2.75, 3.05) is 26.3 Å². The number of nitrogens with zero attached hydrogens (tertiary/aromatic N) is 1. The molecular weight excluding hydrogens is 280 g/mol. The number of urea groups is 1. The lowest BCUT2D eigenvalue weighted by Crippen LogP contribution is -2.52. The first-order chi connectivity index (χ1) is 9.69. The topological polar surface area (TPSA) is 105 Å². The molecule has 0 aliphatic carbocycles. The zero-order chi connectivity index (χ0) is 16.0. The van der Waals surface area contributed by atoms with Crippen LogP contribution in [0.5, 0.6) is 0 Å². The van der Waals surface area contributed by atoms with Crippen molar-refractivity contribution in [2.45, 2.75) is 38.8 Å². The maximum atomic E-state index is 11.9. The number of rotatable bonds is 4. The van der Waals surface area contributed by atoms with Gasteiger partial charge in [0.25, 0.3) is 0 Å². The van der Waals surface area contributed by atoms with Gasteiger partial charge in [-0.15, -0.1) is 0 Å². The Balaban J connectivity index is 2.55. The van der Waals surface area contributed by atoms with E-state index in [1.54, 1.807) is 20.8 Å². The van der Waals surface area contributed by atoms with Crippen LogP contribution < -0.4 is 5.32 Å². The lowest BCUT2D eigenvalue weighted by atomic mass is 10.1. The average Bonchev–Trinajstić information content (AvgIpc) is 2.36. The average molecular weight is 302 g/mol. The zero-order valence-corrected chi connectivity index (χ0v) is 12.5.